The minimum atomic E-state index is -1.36. The topological polar surface area (TPSA) is 114 Å². The largest absolute Gasteiger partial charge is 0.543 e. The Labute approximate surface area is 236 Å². The van der Waals surface area contributed by atoms with Crippen LogP contribution in [0.15, 0.2) is 60.9 Å². The van der Waals surface area contributed by atoms with Gasteiger partial charge in [-0.1, -0.05) is 6.07 Å². The van der Waals surface area contributed by atoms with Gasteiger partial charge in [-0.3, -0.25) is 14.6 Å². The van der Waals surface area contributed by atoms with E-state index in [9.17, 15) is 19.5 Å². The first-order valence-electron chi connectivity index (χ1n) is 13.9. The van der Waals surface area contributed by atoms with E-state index in [4.69, 9.17) is 9.47 Å². The number of amides is 1. The number of Topliss-reactive ketones (excluding diaryl/α,β-unsaturated/α-hetero) is 1. The molecule has 0 radical (unpaired) electrons. The molecule has 2 aromatic carbocycles. The summed E-state index contributed by atoms with van der Waals surface area (Å²) in [6.07, 6.45) is 7.08. The van der Waals surface area contributed by atoms with Crippen LogP contribution in [0, 0.1) is 0 Å². The summed E-state index contributed by atoms with van der Waals surface area (Å²) >= 11 is 0. The molecular weight excluding hydrogens is 522 g/mol. The molecular formula is C32H28N3O6-. The van der Waals surface area contributed by atoms with Crippen LogP contribution in [0.3, 0.4) is 0 Å². The van der Waals surface area contributed by atoms with Gasteiger partial charge in [0.15, 0.2) is 5.78 Å². The average Bonchev–Trinajstić information content (AvgIpc) is 3.74. The Hall–Kier alpha value is -4.66. The lowest BCUT2D eigenvalue weighted by Crippen LogP contribution is -2.52. The molecule has 9 heteroatoms. The fourth-order valence-electron chi connectivity index (χ4n) is 6.17. The van der Waals surface area contributed by atoms with Gasteiger partial charge >= 0.3 is 0 Å². The summed E-state index contributed by atoms with van der Waals surface area (Å²) in [5.74, 6) is -0.237. The second-order valence-corrected chi connectivity index (χ2v) is 11.2. The van der Waals surface area contributed by atoms with Crippen LogP contribution >= 0.6 is 0 Å². The van der Waals surface area contributed by atoms with E-state index in [0.29, 0.717) is 65.7 Å². The second kappa shape index (κ2) is 9.47. The van der Waals surface area contributed by atoms with E-state index in [1.165, 1.54) is 12.3 Å². The highest BCUT2D eigenvalue weighted by atomic mass is 16.5. The maximum Gasteiger partial charge on any atom is 0.254 e. The third-order valence-electron chi connectivity index (χ3n) is 8.56. The van der Waals surface area contributed by atoms with Crippen molar-refractivity contribution in [2.45, 2.75) is 43.7 Å². The van der Waals surface area contributed by atoms with Crippen molar-refractivity contribution in [1.82, 2.24) is 14.5 Å². The van der Waals surface area contributed by atoms with Crippen molar-refractivity contribution in [1.29, 1.82) is 0 Å². The van der Waals surface area contributed by atoms with Crippen LogP contribution in [0.25, 0.3) is 22.0 Å². The van der Waals surface area contributed by atoms with Crippen LogP contribution in [0.2, 0.25) is 0 Å². The molecule has 1 spiro atoms. The Kier molecular flexibility index (Phi) is 5.85. The summed E-state index contributed by atoms with van der Waals surface area (Å²) in [5.41, 5.74) is 2.58. The van der Waals surface area contributed by atoms with E-state index in [-0.39, 0.29) is 23.8 Å². The lowest BCUT2D eigenvalue weighted by Gasteiger charge is -2.44. The van der Waals surface area contributed by atoms with E-state index in [2.05, 4.69) is 15.7 Å². The van der Waals surface area contributed by atoms with Gasteiger partial charge in [0.05, 0.1) is 36.3 Å². The highest BCUT2D eigenvalue weighted by molar-refractivity contribution is 6.02. The van der Waals surface area contributed by atoms with E-state index in [0.717, 1.165) is 23.7 Å². The predicted octanol–water partition coefficient (Wildman–Crippen LogP) is 4.05. The minimum absolute atomic E-state index is 0.0296. The fraction of sp³-hybridized carbons (Fsp3) is 0.312. The molecule has 0 N–H and O–H groups in total. The maximum atomic E-state index is 13.6. The summed E-state index contributed by atoms with van der Waals surface area (Å²) in [6.45, 7) is 0.957. The highest BCUT2D eigenvalue weighted by Gasteiger charge is 2.44. The third-order valence-corrected chi connectivity index (χ3v) is 8.56. The Bertz CT molecular complexity index is 1730. The molecule has 2 aliphatic heterocycles. The Morgan fingerprint density at radius 3 is 2.56 bits per heavy atom. The molecule has 4 aromatic rings. The first-order valence-corrected chi connectivity index (χ1v) is 13.9. The van der Waals surface area contributed by atoms with Crippen LogP contribution in [-0.2, 0) is 0 Å². The molecule has 2 aromatic heterocycles. The van der Waals surface area contributed by atoms with Crippen molar-refractivity contribution in [3.8, 4) is 22.6 Å². The van der Waals surface area contributed by atoms with Crippen LogP contribution in [0.5, 0.6) is 11.5 Å². The molecule has 208 valence electrons. The number of aromatic carboxylic acids is 1. The second-order valence-electron chi connectivity index (χ2n) is 11.2. The van der Waals surface area contributed by atoms with Gasteiger partial charge in [-0.2, -0.15) is 0 Å². The number of carbonyl (C=O) groups excluding carboxylic acids is 3. The molecule has 2 fully saturated rings. The molecule has 1 amide bonds. The van der Waals surface area contributed by atoms with Gasteiger partial charge in [-0.25, -0.2) is 0 Å². The van der Waals surface area contributed by atoms with Gasteiger partial charge in [0.1, 0.15) is 17.1 Å². The minimum Gasteiger partial charge on any atom is -0.543 e. The highest BCUT2D eigenvalue weighted by Crippen LogP contribution is 2.42. The Morgan fingerprint density at radius 1 is 1.05 bits per heavy atom. The summed E-state index contributed by atoms with van der Waals surface area (Å²) in [7, 11) is 1.63. The van der Waals surface area contributed by atoms with E-state index in [1.54, 1.807) is 31.4 Å². The van der Waals surface area contributed by atoms with Crippen molar-refractivity contribution < 1.29 is 29.0 Å². The number of piperidine rings is 1. The number of rotatable bonds is 5. The van der Waals surface area contributed by atoms with Crippen LogP contribution in [-0.4, -0.2) is 57.9 Å². The molecule has 4 heterocycles. The molecule has 1 saturated carbocycles. The van der Waals surface area contributed by atoms with Crippen LogP contribution in [0.4, 0.5) is 0 Å². The van der Waals surface area contributed by atoms with Crippen molar-refractivity contribution >= 4 is 28.6 Å². The smallest absolute Gasteiger partial charge is 0.254 e. The first kappa shape index (κ1) is 25.3. The Balaban J connectivity index is 1.09. The SMILES string of the molecule is COc1cc(C(=O)N2CCC3(CC2)CC(=O)c2cc(-c4ccnc(C(=O)[O-])c4)ccc2O3)cc2c1ccn2C1CC1. The normalized spacial score (nSPS) is 17.8. The molecule has 3 aliphatic rings. The number of likely N-dealkylation sites (tertiary alicyclic amines) is 1. The molecule has 0 atom stereocenters. The van der Waals surface area contributed by atoms with E-state index < -0.39 is 11.6 Å². The lowest BCUT2D eigenvalue weighted by atomic mass is 9.82. The monoisotopic (exact) mass is 550 g/mol. The number of ketones is 1. The van der Waals surface area contributed by atoms with Gasteiger partial charge in [0, 0.05) is 55.3 Å². The van der Waals surface area contributed by atoms with Gasteiger partial charge in [-0.15, -0.1) is 0 Å². The van der Waals surface area contributed by atoms with Crippen molar-refractivity contribution in [2.24, 2.45) is 0 Å². The van der Waals surface area contributed by atoms with Gasteiger partial charge in [-0.05, 0) is 66.4 Å². The number of hydrogen-bond donors (Lipinski definition) is 0. The third kappa shape index (κ3) is 4.41. The number of nitrogens with zero attached hydrogens (tertiary/aromatic N) is 3. The number of aromatic nitrogens is 2. The predicted molar refractivity (Wildman–Crippen MR) is 148 cm³/mol. The molecule has 0 unspecified atom stereocenters. The average molecular weight is 551 g/mol. The molecule has 1 saturated heterocycles. The number of pyridine rings is 1. The van der Waals surface area contributed by atoms with E-state index in [1.807, 2.05) is 23.1 Å². The number of carbonyl (C=O) groups is 3. The van der Waals surface area contributed by atoms with Gasteiger partial charge < -0.3 is 28.8 Å². The first-order chi connectivity index (χ1) is 19.8. The number of carboxylic acid groups (broad SMARTS) is 1. The van der Waals surface area contributed by atoms with Gasteiger partial charge in [0.2, 0.25) is 0 Å². The van der Waals surface area contributed by atoms with Crippen molar-refractivity contribution in [2.75, 3.05) is 20.2 Å². The zero-order valence-corrected chi connectivity index (χ0v) is 22.6. The fourth-order valence-corrected chi connectivity index (χ4v) is 6.17. The summed E-state index contributed by atoms with van der Waals surface area (Å²) in [5, 5.41) is 12.2. The van der Waals surface area contributed by atoms with Crippen LogP contribution < -0.4 is 14.6 Å². The molecule has 0 bridgehead atoms. The van der Waals surface area contributed by atoms with Gasteiger partial charge in [0.25, 0.3) is 5.91 Å². The summed E-state index contributed by atoms with van der Waals surface area (Å²) in [4.78, 5) is 43.8. The number of carboxylic acids is 1. The lowest BCUT2D eigenvalue weighted by molar-refractivity contribution is -0.255. The number of fused-ring (bicyclic) bond motifs is 2. The van der Waals surface area contributed by atoms with E-state index >= 15 is 0 Å². The summed E-state index contributed by atoms with van der Waals surface area (Å²) < 4.78 is 14.3. The summed E-state index contributed by atoms with van der Waals surface area (Å²) in [6, 6.07) is 14.7. The van der Waals surface area contributed by atoms with Crippen LogP contribution in [0.1, 0.15) is 69.4 Å². The number of methoxy groups -OCH3 is 1. The number of ether oxygens (including phenoxy) is 2. The molecule has 1 aliphatic carbocycles. The maximum absolute atomic E-state index is 13.6. The standard InChI is InChI=1S/C32H29N3O6/c1-40-29-17-21(16-26-23(29)7-11-35(26)22-3-4-22)30(37)34-12-8-32(9-13-34)18-27(36)24-14-19(2-5-28(24)41-32)20-6-10-33-25(15-20)31(38)39/h2,5-7,10-11,14-17,22H,3-4,8-9,12-13,18H2,1H3,(H,38,39)/p-1. The zero-order chi connectivity index (χ0) is 28.3. The molecule has 7 rings (SSSR count). The quantitative estimate of drug-likeness (QED) is 0.368. The Morgan fingerprint density at radius 2 is 1.83 bits per heavy atom. The molecule has 9 nitrogen and oxygen atoms in total. The number of benzene rings is 2. The molecule has 41 heavy (non-hydrogen) atoms. The van der Waals surface area contributed by atoms with Crippen molar-refractivity contribution in [3.63, 3.8) is 0 Å². The van der Waals surface area contributed by atoms with Crippen molar-refractivity contribution in [3.05, 3.63) is 77.7 Å². The zero-order valence-electron chi connectivity index (χ0n) is 22.6. The number of hydrogen-bond acceptors (Lipinski definition) is 7.